The smallest absolute Gasteiger partial charge is 0.232 e. The van der Waals surface area contributed by atoms with Crippen molar-refractivity contribution >= 4 is 0 Å². The van der Waals surface area contributed by atoms with E-state index in [0.717, 1.165) is 19.4 Å². The molecule has 5 heteroatoms. The van der Waals surface area contributed by atoms with E-state index in [0.29, 0.717) is 11.7 Å². The van der Waals surface area contributed by atoms with Gasteiger partial charge in [0.15, 0.2) is 5.82 Å². The Bertz CT molecular complexity index is 362. The van der Waals surface area contributed by atoms with Crippen LogP contribution in [0.4, 0.5) is 0 Å². The van der Waals surface area contributed by atoms with E-state index in [2.05, 4.69) is 10.1 Å². The van der Waals surface area contributed by atoms with Crippen molar-refractivity contribution in [2.45, 2.75) is 51.2 Å². The van der Waals surface area contributed by atoms with Crippen molar-refractivity contribution in [1.29, 1.82) is 0 Å². The van der Waals surface area contributed by atoms with Gasteiger partial charge in [0.05, 0.1) is 17.6 Å². The number of ether oxygens (including phenoxy) is 1. The maximum atomic E-state index is 6.07. The zero-order valence-corrected chi connectivity index (χ0v) is 10.1. The average Bonchev–Trinajstić information content (AvgIpc) is 2.85. The van der Waals surface area contributed by atoms with Crippen molar-refractivity contribution in [1.82, 2.24) is 10.1 Å². The monoisotopic (exact) mass is 225 g/mol. The highest BCUT2D eigenvalue weighted by Gasteiger charge is 2.33. The van der Waals surface area contributed by atoms with E-state index in [4.69, 9.17) is 15.0 Å². The number of nitrogens with two attached hydrogens (primary N) is 1. The Morgan fingerprint density at radius 1 is 1.56 bits per heavy atom. The zero-order valence-electron chi connectivity index (χ0n) is 10.1. The highest BCUT2D eigenvalue weighted by Crippen LogP contribution is 2.31. The molecule has 3 unspecified atom stereocenters. The second-order valence-corrected chi connectivity index (χ2v) is 4.70. The van der Waals surface area contributed by atoms with Gasteiger partial charge in [0.25, 0.3) is 0 Å². The van der Waals surface area contributed by atoms with Gasteiger partial charge >= 0.3 is 0 Å². The molecule has 1 aromatic rings. The molecule has 0 radical (unpaired) electrons. The first-order valence-electron chi connectivity index (χ1n) is 5.79. The van der Waals surface area contributed by atoms with Gasteiger partial charge in [0.1, 0.15) is 0 Å². The van der Waals surface area contributed by atoms with Gasteiger partial charge in [-0.2, -0.15) is 4.98 Å². The van der Waals surface area contributed by atoms with Crippen molar-refractivity contribution in [2.24, 2.45) is 5.73 Å². The van der Waals surface area contributed by atoms with Crippen molar-refractivity contribution in [3.05, 3.63) is 11.7 Å². The van der Waals surface area contributed by atoms with Gasteiger partial charge in [0, 0.05) is 6.61 Å². The largest absolute Gasteiger partial charge is 0.378 e. The summed E-state index contributed by atoms with van der Waals surface area (Å²) in [6.45, 7) is 6.72. The molecule has 1 aromatic heterocycles. The van der Waals surface area contributed by atoms with E-state index >= 15 is 0 Å². The molecule has 0 bridgehead atoms. The molecule has 1 saturated heterocycles. The molecule has 3 atom stereocenters. The van der Waals surface area contributed by atoms with Crippen LogP contribution in [-0.4, -0.2) is 22.9 Å². The van der Waals surface area contributed by atoms with Gasteiger partial charge in [-0.05, 0) is 26.7 Å². The van der Waals surface area contributed by atoms with Gasteiger partial charge in [-0.1, -0.05) is 12.1 Å². The zero-order chi connectivity index (χ0) is 11.8. The van der Waals surface area contributed by atoms with Crippen LogP contribution in [0.2, 0.25) is 0 Å². The minimum Gasteiger partial charge on any atom is -0.378 e. The summed E-state index contributed by atoms with van der Waals surface area (Å²) >= 11 is 0. The summed E-state index contributed by atoms with van der Waals surface area (Å²) in [7, 11) is 0. The molecule has 1 aliphatic heterocycles. The standard InChI is InChI=1S/C11H19N3O2/c1-4-11(3,12)10-13-9(16-14-10)8-5-6-15-7(8)2/h7-8H,4-6,12H2,1-3H3. The maximum Gasteiger partial charge on any atom is 0.232 e. The second kappa shape index (κ2) is 4.14. The molecule has 1 aliphatic rings. The summed E-state index contributed by atoms with van der Waals surface area (Å²) < 4.78 is 10.8. The van der Waals surface area contributed by atoms with Crippen LogP contribution >= 0.6 is 0 Å². The fourth-order valence-corrected chi connectivity index (χ4v) is 1.83. The van der Waals surface area contributed by atoms with Crippen LogP contribution in [-0.2, 0) is 10.3 Å². The van der Waals surface area contributed by atoms with Crippen LogP contribution in [0.1, 0.15) is 51.2 Å². The molecule has 2 N–H and O–H groups in total. The summed E-state index contributed by atoms with van der Waals surface area (Å²) in [5, 5.41) is 3.97. The van der Waals surface area contributed by atoms with Gasteiger partial charge in [-0.25, -0.2) is 0 Å². The van der Waals surface area contributed by atoms with Crippen LogP contribution in [0.3, 0.4) is 0 Å². The van der Waals surface area contributed by atoms with Gasteiger partial charge in [0.2, 0.25) is 5.89 Å². The average molecular weight is 225 g/mol. The lowest BCUT2D eigenvalue weighted by molar-refractivity contribution is 0.113. The van der Waals surface area contributed by atoms with E-state index in [-0.39, 0.29) is 12.0 Å². The highest BCUT2D eigenvalue weighted by atomic mass is 16.5. The Hall–Kier alpha value is -0.940. The molecule has 0 spiro atoms. The predicted octanol–water partition coefficient (Wildman–Crippen LogP) is 1.55. The van der Waals surface area contributed by atoms with Crippen molar-refractivity contribution < 1.29 is 9.26 Å². The fourth-order valence-electron chi connectivity index (χ4n) is 1.83. The Morgan fingerprint density at radius 2 is 2.31 bits per heavy atom. The summed E-state index contributed by atoms with van der Waals surface area (Å²) in [6.07, 6.45) is 1.87. The SMILES string of the molecule is CCC(C)(N)c1noc(C2CCOC2C)n1. The topological polar surface area (TPSA) is 74.2 Å². The lowest BCUT2D eigenvalue weighted by Gasteiger charge is -2.17. The van der Waals surface area contributed by atoms with E-state index < -0.39 is 5.54 Å². The normalized spacial score (nSPS) is 29.2. The molecular weight excluding hydrogens is 206 g/mol. The van der Waals surface area contributed by atoms with Crippen LogP contribution in [0.15, 0.2) is 4.52 Å². The van der Waals surface area contributed by atoms with Gasteiger partial charge in [-0.3, -0.25) is 0 Å². The Morgan fingerprint density at radius 3 is 2.88 bits per heavy atom. The molecule has 5 nitrogen and oxygen atoms in total. The fraction of sp³-hybridized carbons (Fsp3) is 0.818. The minimum atomic E-state index is -0.509. The number of aromatic nitrogens is 2. The number of nitrogens with zero attached hydrogens (tertiary/aromatic N) is 2. The maximum absolute atomic E-state index is 6.07. The third-order valence-corrected chi connectivity index (χ3v) is 3.38. The summed E-state index contributed by atoms with van der Waals surface area (Å²) in [4.78, 5) is 4.40. The molecule has 0 aliphatic carbocycles. The van der Waals surface area contributed by atoms with Crippen molar-refractivity contribution in [3.8, 4) is 0 Å². The Balaban J connectivity index is 2.19. The highest BCUT2D eigenvalue weighted by molar-refractivity contribution is 5.05. The molecule has 0 saturated carbocycles. The molecular formula is C11H19N3O2. The van der Waals surface area contributed by atoms with E-state index in [9.17, 15) is 0 Å². The van der Waals surface area contributed by atoms with Crippen LogP contribution < -0.4 is 5.73 Å². The first kappa shape index (κ1) is 11.5. The van der Waals surface area contributed by atoms with E-state index in [1.807, 2.05) is 20.8 Å². The number of hydrogen-bond acceptors (Lipinski definition) is 5. The quantitative estimate of drug-likeness (QED) is 0.844. The lowest BCUT2D eigenvalue weighted by atomic mass is 9.99. The van der Waals surface area contributed by atoms with E-state index in [1.165, 1.54) is 0 Å². The minimum absolute atomic E-state index is 0.152. The predicted molar refractivity (Wildman–Crippen MR) is 58.9 cm³/mol. The molecule has 90 valence electrons. The summed E-state index contributed by atoms with van der Waals surface area (Å²) in [6, 6.07) is 0. The molecule has 1 fully saturated rings. The summed E-state index contributed by atoms with van der Waals surface area (Å²) in [5.41, 5.74) is 5.56. The molecule has 2 heterocycles. The van der Waals surface area contributed by atoms with E-state index in [1.54, 1.807) is 0 Å². The van der Waals surface area contributed by atoms with Gasteiger partial charge < -0.3 is 15.0 Å². The Kier molecular flexibility index (Phi) is 2.99. The first-order chi connectivity index (χ1) is 7.54. The number of rotatable bonds is 3. The van der Waals surface area contributed by atoms with Crippen LogP contribution in [0, 0.1) is 0 Å². The molecule has 0 amide bonds. The second-order valence-electron chi connectivity index (χ2n) is 4.70. The lowest BCUT2D eigenvalue weighted by Crippen LogP contribution is -2.33. The number of hydrogen-bond donors (Lipinski definition) is 1. The Labute approximate surface area is 95.3 Å². The molecule has 16 heavy (non-hydrogen) atoms. The van der Waals surface area contributed by atoms with Crippen LogP contribution in [0.25, 0.3) is 0 Å². The molecule has 2 rings (SSSR count). The third-order valence-electron chi connectivity index (χ3n) is 3.38. The third kappa shape index (κ3) is 1.97. The van der Waals surface area contributed by atoms with Crippen LogP contribution in [0.5, 0.6) is 0 Å². The molecule has 0 aromatic carbocycles. The van der Waals surface area contributed by atoms with Crippen molar-refractivity contribution in [3.63, 3.8) is 0 Å². The van der Waals surface area contributed by atoms with Crippen molar-refractivity contribution in [2.75, 3.05) is 6.61 Å². The summed E-state index contributed by atoms with van der Waals surface area (Å²) in [5.74, 6) is 1.46. The van der Waals surface area contributed by atoms with Gasteiger partial charge in [-0.15, -0.1) is 0 Å². The first-order valence-corrected chi connectivity index (χ1v) is 5.79.